The molecular weight excluding hydrogens is 166 g/mol. The maximum absolute atomic E-state index is 9.98. The summed E-state index contributed by atoms with van der Waals surface area (Å²) >= 11 is 0. The number of aliphatic hydroxyl groups is 2. The highest BCUT2D eigenvalue weighted by atomic mass is 16.3. The van der Waals surface area contributed by atoms with Crippen LogP contribution in [0.5, 0.6) is 0 Å². The van der Waals surface area contributed by atoms with Crippen molar-refractivity contribution in [3.05, 3.63) is 30.1 Å². The summed E-state index contributed by atoms with van der Waals surface area (Å²) in [7, 11) is 0. The standard InChI is InChI=1S/C10H15NO2/c1-10(13,5-2-8-12)9-3-6-11-7-4-9/h3-4,6-7,12-13H,2,5,8H2,1H3. The van der Waals surface area contributed by atoms with Crippen molar-refractivity contribution in [2.24, 2.45) is 0 Å². The number of hydrogen-bond donors (Lipinski definition) is 2. The van der Waals surface area contributed by atoms with E-state index in [4.69, 9.17) is 5.11 Å². The van der Waals surface area contributed by atoms with Gasteiger partial charge in [-0.3, -0.25) is 4.98 Å². The van der Waals surface area contributed by atoms with Crippen LogP contribution in [0.15, 0.2) is 24.5 Å². The second-order valence-electron chi connectivity index (χ2n) is 3.34. The number of aliphatic hydroxyl groups excluding tert-OH is 1. The normalized spacial score (nSPS) is 15.3. The van der Waals surface area contributed by atoms with E-state index in [1.165, 1.54) is 0 Å². The molecule has 1 unspecified atom stereocenters. The summed E-state index contributed by atoms with van der Waals surface area (Å²) in [6.45, 7) is 1.86. The maximum Gasteiger partial charge on any atom is 0.0870 e. The van der Waals surface area contributed by atoms with Crippen LogP contribution < -0.4 is 0 Å². The summed E-state index contributed by atoms with van der Waals surface area (Å²) in [5, 5.41) is 18.6. The van der Waals surface area contributed by atoms with Crippen LogP contribution in [0.25, 0.3) is 0 Å². The smallest absolute Gasteiger partial charge is 0.0870 e. The van der Waals surface area contributed by atoms with Gasteiger partial charge in [0.15, 0.2) is 0 Å². The molecule has 2 N–H and O–H groups in total. The van der Waals surface area contributed by atoms with Gasteiger partial charge in [-0.1, -0.05) is 0 Å². The fourth-order valence-corrected chi connectivity index (χ4v) is 1.28. The van der Waals surface area contributed by atoms with Crippen molar-refractivity contribution in [2.45, 2.75) is 25.4 Å². The van der Waals surface area contributed by atoms with Crippen LogP contribution in [-0.2, 0) is 5.60 Å². The van der Waals surface area contributed by atoms with E-state index in [1.807, 2.05) is 0 Å². The van der Waals surface area contributed by atoms with Crippen LogP contribution in [0.4, 0.5) is 0 Å². The Balaban J connectivity index is 2.69. The molecule has 0 fully saturated rings. The number of rotatable bonds is 4. The molecule has 0 spiro atoms. The van der Waals surface area contributed by atoms with E-state index in [1.54, 1.807) is 31.5 Å². The van der Waals surface area contributed by atoms with Crippen LogP contribution in [0.2, 0.25) is 0 Å². The summed E-state index contributed by atoms with van der Waals surface area (Å²) in [5.41, 5.74) is -0.0120. The van der Waals surface area contributed by atoms with Gasteiger partial charge < -0.3 is 10.2 Å². The highest BCUT2D eigenvalue weighted by Gasteiger charge is 2.21. The number of nitrogens with zero attached hydrogens (tertiary/aromatic N) is 1. The van der Waals surface area contributed by atoms with Gasteiger partial charge in [-0.2, -0.15) is 0 Å². The van der Waals surface area contributed by atoms with Gasteiger partial charge in [0.25, 0.3) is 0 Å². The first-order valence-electron chi connectivity index (χ1n) is 4.40. The minimum absolute atomic E-state index is 0.112. The molecule has 3 heteroatoms. The predicted molar refractivity (Wildman–Crippen MR) is 50.1 cm³/mol. The lowest BCUT2D eigenvalue weighted by Crippen LogP contribution is -2.21. The molecular formula is C10H15NO2. The molecule has 1 atom stereocenters. The van der Waals surface area contributed by atoms with Crippen molar-refractivity contribution in [3.63, 3.8) is 0 Å². The molecule has 72 valence electrons. The minimum atomic E-state index is -0.855. The summed E-state index contributed by atoms with van der Waals surface area (Å²) in [6.07, 6.45) is 4.48. The van der Waals surface area contributed by atoms with E-state index in [9.17, 15) is 5.11 Å². The van der Waals surface area contributed by atoms with E-state index in [2.05, 4.69) is 4.98 Å². The van der Waals surface area contributed by atoms with Crippen LogP contribution >= 0.6 is 0 Å². The fourth-order valence-electron chi connectivity index (χ4n) is 1.28. The molecule has 1 aromatic heterocycles. The van der Waals surface area contributed by atoms with Crippen LogP contribution in [0.1, 0.15) is 25.3 Å². The van der Waals surface area contributed by atoms with E-state index in [-0.39, 0.29) is 6.61 Å². The Hall–Kier alpha value is -0.930. The van der Waals surface area contributed by atoms with Gasteiger partial charge in [-0.15, -0.1) is 0 Å². The Morgan fingerprint density at radius 3 is 2.54 bits per heavy atom. The molecule has 0 saturated carbocycles. The SMILES string of the molecule is CC(O)(CCCO)c1ccncc1. The third kappa shape index (κ3) is 2.79. The van der Waals surface area contributed by atoms with E-state index >= 15 is 0 Å². The molecule has 13 heavy (non-hydrogen) atoms. The highest BCUT2D eigenvalue weighted by molar-refractivity contribution is 5.17. The highest BCUT2D eigenvalue weighted by Crippen LogP contribution is 2.24. The molecule has 1 rings (SSSR count). The van der Waals surface area contributed by atoms with Crippen molar-refractivity contribution in [2.75, 3.05) is 6.61 Å². The van der Waals surface area contributed by atoms with Crippen molar-refractivity contribution in [1.82, 2.24) is 4.98 Å². The third-order valence-electron chi connectivity index (χ3n) is 2.12. The van der Waals surface area contributed by atoms with E-state index in [0.29, 0.717) is 12.8 Å². The minimum Gasteiger partial charge on any atom is -0.396 e. The zero-order valence-electron chi connectivity index (χ0n) is 7.77. The Kier molecular flexibility index (Phi) is 3.39. The zero-order valence-corrected chi connectivity index (χ0v) is 7.77. The van der Waals surface area contributed by atoms with Gasteiger partial charge in [-0.25, -0.2) is 0 Å². The lowest BCUT2D eigenvalue weighted by Gasteiger charge is -2.23. The lowest BCUT2D eigenvalue weighted by atomic mass is 9.92. The fraction of sp³-hybridized carbons (Fsp3) is 0.500. The Labute approximate surface area is 78.1 Å². The first kappa shape index (κ1) is 10.2. The number of pyridine rings is 1. The van der Waals surface area contributed by atoms with Crippen molar-refractivity contribution in [3.8, 4) is 0 Å². The Morgan fingerprint density at radius 2 is 2.00 bits per heavy atom. The monoisotopic (exact) mass is 181 g/mol. The Morgan fingerprint density at radius 1 is 1.38 bits per heavy atom. The number of aromatic nitrogens is 1. The predicted octanol–water partition coefficient (Wildman–Crippen LogP) is 1.06. The molecule has 0 radical (unpaired) electrons. The topological polar surface area (TPSA) is 53.4 Å². The molecule has 0 amide bonds. The summed E-state index contributed by atoms with van der Waals surface area (Å²) in [5.74, 6) is 0. The first-order chi connectivity index (χ1) is 6.17. The largest absolute Gasteiger partial charge is 0.396 e. The van der Waals surface area contributed by atoms with Crippen LogP contribution in [0.3, 0.4) is 0 Å². The summed E-state index contributed by atoms with van der Waals surface area (Å²) in [4.78, 5) is 3.88. The van der Waals surface area contributed by atoms with E-state index < -0.39 is 5.60 Å². The van der Waals surface area contributed by atoms with Gasteiger partial charge in [0.1, 0.15) is 0 Å². The van der Waals surface area contributed by atoms with Crippen molar-refractivity contribution in [1.29, 1.82) is 0 Å². The quantitative estimate of drug-likeness (QED) is 0.730. The van der Waals surface area contributed by atoms with Gasteiger partial charge >= 0.3 is 0 Å². The molecule has 3 nitrogen and oxygen atoms in total. The molecule has 0 aliphatic rings. The van der Waals surface area contributed by atoms with Gasteiger partial charge in [0.2, 0.25) is 0 Å². The maximum atomic E-state index is 9.98. The molecule has 0 aliphatic heterocycles. The van der Waals surface area contributed by atoms with Crippen molar-refractivity contribution < 1.29 is 10.2 Å². The van der Waals surface area contributed by atoms with Crippen LogP contribution in [-0.4, -0.2) is 21.8 Å². The zero-order chi connectivity index (χ0) is 9.73. The molecule has 0 saturated heterocycles. The third-order valence-corrected chi connectivity index (χ3v) is 2.12. The first-order valence-corrected chi connectivity index (χ1v) is 4.40. The van der Waals surface area contributed by atoms with Gasteiger partial charge in [0.05, 0.1) is 5.60 Å². The second kappa shape index (κ2) is 4.35. The molecule has 0 aromatic carbocycles. The molecule has 0 aliphatic carbocycles. The van der Waals surface area contributed by atoms with Crippen LogP contribution in [0, 0.1) is 0 Å². The summed E-state index contributed by atoms with van der Waals surface area (Å²) < 4.78 is 0. The molecule has 0 bridgehead atoms. The average Bonchev–Trinajstić information content (AvgIpc) is 2.16. The summed E-state index contributed by atoms with van der Waals surface area (Å²) in [6, 6.07) is 3.58. The van der Waals surface area contributed by atoms with Gasteiger partial charge in [0, 0.05) is 19.0 Å². The lowest BCUT2D eigenvalue weighted by molar-refractivity contribution is 0.0402. The van der Waals surface area contributed by atoms with Crippen molar-refractivity contribution >= 4 is 0 Å². The average molecular weight is 181 g/mol. The van der Waals surface area contributed by atoms with E-state index in [0.717, 1.165) is 5.56 Å². The second-order valence-corrected chi connectivity index (χ2v) is 3.34. The van der Waals surface area contributed by atoms with Gasteiger partial charge in [-0.05, 0) is 37.5 Å². The number of hydrogen-bond acceptors (Lipinski definition) is 3. The molecule has 1 aromatic rings. The Bertz CT molecular complexity index is 246. The molecule has 1 heterocycles.